The zero-order valence-electron chi connectivity index (χ0n) is 10.4. The first kappa shape index (κ1) is 11.9. The Balaban J connectivity index is 2.14. The minimum atomic E-state index is -0.647. The van der Waals surface area contributed by atoms with Gasteiger partial charge in [-0.1, -0.05) is 37.3 Å². The summed E-state index contributed by atoms with van der Waals surface area (Å²) in [5.74, 6) is 0. The molecule has 0 heterocycles. The Kier molecular flexibility index (Phi) is 3.34. The summed E-state index contributed by atoms with van der Waals surface area (Å²) in [5.41, 5.74) is 0.406. The molecular weight excluding hydrogens is 210 g/mol. The van der Waals surface area contributed by atoms with E-state index >= 15 is 0 Å². The third-order valence-electron chi connectivity index (χ3n) is 3.18. The Labute approximate surface area is 102 Å². The number of benzene rings is 2. The summed E-state index contributed by atoms with van der Waals surface area (Å²) in [6.45, 7) is 4.41. The number of hydrogen-bond donors (Lipinski definition) is 2. The molecule has 1 unspecified atom stereocenters. The Bertz CT molecular complexity index is 505. The van der Waals surface area contributed by atoms with Gasteiger partial charge in [0.15, 0.2) is 0 Å². The van der Waals surface area contributed by atoms with Gasteiger partial charge in [-0.05, 0) is 36.2 Å². The minimum Gasteiger partial charge on any atom is -0.388 e. The number of rotatable bonds is 4. The molecule has 0 amide bonds. The second-order valence-electron chi connectivity index (χ2n) is 4.77. The standard InChI is InChI=1S/C15H19NO/c1-3-15(2,17)11-16-14-9-8-12-6-4-5-7-13(12)10-14/h4-10,16-17H,3,11H2,1-2H3. The van der Waals surface area contributed by atoms with Crippen LogP contribution in [0.3, 0.4) is 0 Å². The highest BCUT2D eigenvalue weighted by molar-refractivity contribution is 5.85. The summed E-state index contributed by atoms with van der Waals surface area (Å²) >= 11 is 0. The van der Waals surface area contributed by atoms with Crippen molar-refractivity contribution in [1.29, 1.82) is 0 Å². The second-order valence-corrected chi connectivity index (χ2v) is 4.77. The third-order valence-corrected chi connectivity index (χ3v) is 3.18. The van der Waals surface area contributed by atoms with Gasteiger partial charge in [-0.25, -0.2) is 0 Å². The highest BCUT2D eigenvalue weighted by Gasteiger charge is 2.16. The summed E-state index contributed by atoms with van der Waals surface area (Å²) in [5, 5.41) is 15.7. The van der Waals surface area contributed by atoms with Crippen molar-refractivity contribution >= 4 is 16.5 Å². The van der Waals surface area contributed by atoms with Crippen molar-refractivity contribution in [2.75, 3.05) is 11.9 Å². The molecule has 0 spiro atoms. The SMILES string of the molecule is CCC(C)(O)CNc1ccc2ccccc2c1. The number of hydrogen-bond acceptors (Lipinski definition) is 2. The van der Waals surface area contributed by atoms with Crippen molar-refractivity contribution in [3.63, 3.8) is 0 Å². The van der Waals surface area contributed by atoms with E-state index in [0.717, 1.165) is 12.1 Å². The van der Waals surface area contributed by atoms with Crippen LogP contribution in [0.25, 0.3) is 10.8 Å². The normalized spacial score (nSPS) is 14.5. The summed E-state index contributed by atoms with van der Waals surface area (Å²) in [7, 11) is 0. The molecule has 0 aliphatic heterocycles. The third kappa shape index (κ3) is 2.98. The van der Waals surface area contributed by atoms with Crippen LogP contribution in [-0.2, 0) is 0 Å². The summed E-state index contributed by atoms with van der Waals surface area (Å²) in [6.07, 6.45) is 0.744. The Morgan fingerprint density at radius 3 is 2.53 bits per heavy atom. The summed E-state index contributed by atoms with van der Waals surface area (Å²) < 4.78 is 0. The molecule has 17 heavy (non-hydrogen) atoms. The lowest BCUT2D eigenvalue weighted by molar-refractivity contribution is 0.0697. The average Bonchev–Trinajstić information content (AvgIpc) is 2.36. The maximum Gasteiger partial charge on any atom is 0.0788 e. The lowest BCUT2D eigenvalue weighted by atomic mass is 10.0. The van der Waals surface area contributed by atoms with Crippen LogP contribution in [0, 0.1) is 0 Å². The molecular formula is C15H19NO. The van der Waals surface area contributed by atoms with Crippen LogP contribution in [0.2, 0.25) is 0 Å². The lowest BCUT2D eigenvalue weighted by Crippen LogP contribution is -2.32. The average molecular weight is 229 g/mol. The lowest BCUT2D eigenvalue weighted by Gasteiger charge is -2.22. The van der Waals surface area contributed by atoms with Crippen molar-refractivity contribution in [1.82, 2.24) is 0 Å². The Morgan fingerprint density at radius 1 is 1.12 bits per heavy atom. The highest BCUT2D eigenvalue weighted by atomic mass is 16.3. The molecule has 0 bridgehead atoms. The van der Waals surface area contributed by atoms with Crippen molar-refractivity contribution < 1.29 is 5.11 Å². The number of fused-ring (bicyclic) bond motifs is 1. The van der Waals surface area contributed by atoms with E-state index in [9.17, 15) is 5.11 Å². The van der Waals surface area contributed by atoms with Gasteiger partial charge in [0.2, 0.25) is 0 Å². The van der Waals surface area contributed by atoms with Crippen LogP contribution < -0.4 is 5.32 Å². The summed E-state index contributed by atoms with van der Waals surface area (Å²) in [6, 6.07) is 14.5. The van der Waals surface area contributed by atoms with Crippen LogP contribution in [0.1, 0.15) is 20.3 Å². The number of aliphatic hydroxyl groups is 1. The first-order valence-electron chi connectivity index (χ1n) is 6.06. The fourth-order valence-corrected chi connectivity index (χ4v) is 1.72. The zero-order chi connectivity index (χ0) is 12.3. The molecule has 2 N–H and O–H groups in total. The van der Waals surface area contributed by atoms with Gasteiger partial charge >= 0.3 is 0 Å². The largest absolute Gasteiger partial charge is 0.388 e. The smallest absolute Gasteiger partial charge is 0.0788 e. The molecule has 0 saturated carbocycles. The molecule has 0 aliphatic carbocycles. The minimum absolute atomic E-state index is 0.571. The van der Waals surface area contributed by atoms with Gasteiger partial charge in [0.1, 0.15) is 0 Å². The first-order valence-corrected chi connectivity index (χ1v) is 6.06. The predicted octanol–water partition coefficient (Wildman–Crippen LogP) is 3.41. The molecule has 0 radical (unpaired) electrons. The van der Waals surface area contributed by atoms with Crippen molar-refractivity contribution in [2.45, 2.75) is 25.9 Å². The fraction of sp³-hybridized carbons (Fsp3) is 0.333. The molecule has 0 aliphatic rings. The van der Waals surface area contributed by atoms with Gasteiger partial charge in [-0.2, -0.15) is 0 Å². The van der Waals surface area contributed by atoms with Crippen molar-refractivity contribution in [2.24, 2.45) is 0 Å². The topological polar surface area (TPSA) is 32.3 Å². The van der Waals surface area contributed by atoms with E-state index in [2.05, 4.69) is 29.6 Å². The van der Waals surface area contributed by atoms with Crippen LogP contribution in [0.15, 0.2) is 42.5 Å². The van der Waals surface area contributed by atoms with Crippen LogP contribution in [0.4, 0.5) is 5.69 Å². The van der Waals surface area contributed by atoms with Crippen LogP contribution in [-0.4, -0.2) is 17.3 Å². The molecule has 0 saturated heterocycles. The van der Waals surface area contributed by atoms with E-state index in [1.807, 2.05) is 32.0 Å². The monoisotopic (exact) mass is 229 g/mol. The van der Waals surface area contributed by atoms with E-state index in [0.29, 0.717) is 6.54 Å². The van der Waals surface area contributed by atoms with E-state index in [1.54, 1.807) is 0 Å². The molecule has 2 aromatic carbocycles. The predicted molar refractivity (Wildman–Crippen MR) is 73.4 cm³/mol. The quantitative estimate of drug-likeness (QED) is 0.842. The van der Waals surface area contributed by atoms with Gasteiger partial charge in [-0.3, -0.25) is 0 Å². The van der Waals surface area contributed by atoms with E-state index < -0.39 is 5.60 Å². The Morgan fingerprint density at radius 2 is 1.82 bits per heavy atom. The molecule has 2 heteroatoms. The molecule has 1 atom stereocenters. The van der Waals surface area contributed by atoms with Gasteiger partial charge in [0.05, 0.1) is 5.60 Å². The zero-order valence-corrected chi connectivity index (χ0v) is 10.4. The van der Waals surface area contributed by atoms with E-state index in [4.69, 9.17) is 0 Å². The van der Waals surface area contributed by atoms with Gasteiger partial charge in [-0.15, -0.1) is 0 Å². The van der Waals surface area contributed by atoms with Crippen molar-refractivity contribution in [3.8, 4) is 0 Å². The number of nitrogens with one attached hydrogen (secondary N) is 1. The highest BCUT2D eigenvalue weighted by Crippen LogP contribution is 2.19. The molecule has 90 valence electrons. The molecule has 2 aromatic rings. The molecule has 2 nitrogen and oxygen atoms in total. The van der Waals surface area contributed by atoms with Crippen LogP contribution in [0.5, 0.6) is 0 Å². The van der Waals surface area contributed by atoms with E-state index in [1.165, 1.54) is 10.8 Å². The maximum absolute atomic E-state index is 9.94. The first-order chi connectivity index (χ1) is 8.11. The second kappa shape index (κ2) is 4.76. The fourth-order valence-electron chi connectivity index (χ4n) is 1.72. The maximum atomic E-state index is 9.94. The summed E-state index contributed by atoms with van der Waals surface area (Å²) in [4.78, 5) is 0. The van der Waals surface area contributed by atoms with Gasteiger partial charge in [0.25, 0.3) is 0 Å². The molecule has 2 rings (SSSR count). The molecule has 0 fully saturated rings. The van der Waals surface area contributed by atoms with Crippen molar-refractivity contribution in [3.05, 3.63) is 42.5 Å². The molecule has 0 aromatic heterocycles. The Hall–Kier alpha value is -1.54. The van der Waals surface area contributed by atoms with E-state index in [-0.39, 0.29) is 0 Å². The van der Waals surface area contributed by atoms with Gasteiger partial charge in [0, 0.05) is 12.2 Å². The van der Waals surface area contributed by atoms with Gasteiger partial charge < -0.3 is 10.4 Å². The number of anilines is 1. The van der Waals surface area contributed by atoms with Crippen LogP contribution >= 0.6 is 0 Å².